The van der Waals surface area contributed by atoms with Crippen LogP contribution in [0.25, 0.3) is 0 Å². The number of phenols is 1. The molecule has 2 aromatic carbocycles. The molecule has 0 radical (unpaired) electrons. The molecule has 0 heterocycles. The molecule has 0 aromatic heterocycles. The van der Waals surface area contributed by atoms with Gasteiger partial charge in [-0.15, -0.1) is 0 Å². The number of ether oxygens (including phenoxy) is 2. The van der Waals surface area contributed by atoms with E-state index in [1.807, 2.05) is 13.0 Å². The summed E-state index contributed by atoms with van der Waals surface area (Å²) in [5.41, 5.74) is 3.15. The van der Waals surface area contributed by atoms with Crippen molar-refractivity contribution < 1.29 is 14.6 Å². The summed E-state index contributed by atoms with van der Waals surface area (Å²) in [6.07, 6.45) is 0. The highest BCUT2D eigenvalue weighted by Crippen LogP contribution is 2.37. The van der Waals surface area contributed by atoms with Crippen molar-refractivity contribution in [2.24, 2.45) is 0 Å². The summed E-state index contributed by atoms with van der Waals surface area (Å²) in [6.45, 7) is 2.64. The third-order valence-electron chi connectivity index (χ3n) is 3.08. The van der Waals surface area contributed by atoms with Crippen LogP contribution >= 0.6 is 15.9 Å². The zero-order valence-corrected chi connectivity index (χ0v) is 13.8. The molecule has 0 atom stereocenters. The van der Waals surface area contributed by atoms with Crippen LogP contribution in [-0.4, -0.2) is 19.3 Å². The van der Waals surface area contributed by atoms with Gasteiger partial charge in [0.2, 0.25) is 5.75 Å². The maximum absolute atomic E-state index is 9.89. The average molecular weight is 352 g/mol. The van der Waals surface area contributed by atoms with E-state index < -0.39 is 0 Å². The molecule has 21 heavy (non-hydrogen) atoms. The van der Waals surface area contributed by atoms with Crippen LogP contribution in [0, 0.1) is 6.92 Å². The highest BCUT2D eigenvalue weighted by atomic mass is 79.9. The van der Waals surface area contributed by atoms with Crippen molar-refractivity contribution in [1.82, 2.24) is 0 Å². The van der Waals surface area contributed by atoms with E-state index in [0.29, 0.717) is 18.0 Å². The van der Waals surface area contributed by atoms with Crippen molar-refractivity contribution >= 4 is 21.6 Å². The summed E-state index contributed by atoms with van der Waals surface area (Å²) in [5, 5.41) is 13.2. The summed E-state index contributed by atoms with van der Waals surface area (Å²) >= 11 is 3.48. The average Bonchev–Trinajstić information content (AvgIpc) is 2.45. The summed E-state index contributed by atoms with van der Waals surface area (Å²) in [6, 6.07) is 9.71. The van der Waals surface area contributed by atoms with Gasteiger partial charge in [0.25, 0.3) is 0 Å². The predicted molar refractivity (Wildman–Crippen MR) is 87.4 cm³/mol. The number of anilines is 1. The Kier molecular flexibility index (Phi) is 4.96. The number of halogens is 1. The third kappa shape index (κ3) is 3.82. The summed E-state index contributed by atoms with van der Waals surface area (Å²) < 4.78 is 11.3. The van der Waals surface area contributed by atoms with Gasteiger partial charge in [-0.1, -0.05) is 15.9 Å². The zero-order chi connectivity index (χ0) is 15.4. The van der Waals surface area contributed by atoms with Crippen LogP contribution in [0.4, 0.5) is 5.69 Å². The van der Waals surface area contributed by atoms with Gasteiger partial charge < -0.3 is 19.9 Å². The van der Waals surface area contributed by atoms with Crippen LogP contribution in [-0.2, 0) is 6.54 Å². The lowest BCUT2D eigenvalue weighted by Crippen LogP contribution is -2.01. The fraction of sp³-hybridized carbons (Fsp3) is 0.250. The number of aryl methyl sites for hydroxylation is 1. The van der Waals surface area contributed by atoms with Crippen molar-refractivity contribution in [2.75, 3.05) is 19.5 Å². The lowest BCUT2D eigenvalue weighted by Gasteiger charge is -2.13. The highest BCUT2D eigenvalue weighted by Gasteiger charge is 2.11. The summed E-state index contributed by atoms with van der Waals surface area (Å²) in [7, 11) is 3.03. The maximum atomic E-state index is 9.89. The normalized spacial score (nSPS) is 10.3. The second-order valence-electron chi connectivity index (χ2n) is 4.72. The van der Waals surface area contributed by atoms with Gasteiger partial charge >= 0.3 is 0 Å². The van der Waals surface area contributed by atoms with E-state index in [-0.39, 0.29) is 5.75 Å². The van der Waals surface area contributed by atoms with Crippen LogP contribution < -0.4 is 14.8 Å². The molecule has 2 rings (SSSR count). The van der Waals surface area contributed by atoms with Crippen molar-refractivity contribution in [2.45, 2.75) is 13.5 Å². The van der Waals surface area contributed by atoms with Crippen molar-refractivity contribution in [3.63, 3.8) is 0 Å². The molecule has 0 aliphatic rings. The first-order chi connectivity index (χ1) is 10.0. The van der Waals surface area contributed by atoms with Crippen LogP contribution in [0.2, 0.25) is 0 Å². The lowest BCUT2D eigenvalue weighted by atomic mass is 10.1. The zero-order valence-electron chi connectivity index (χ0n) is 12.2. The molecular weight excluding hydrogens is 334 g/mol. The Morgan fingerprint density at radius 2 is 1.67 bits per heavy atom. The smallest absolute Gasteiger partial charge is 0.200 e. The molecule has 0 aliphatic carbocycles. The molecule has 0 bridgehead atoms. The lowest BCUT2D eigenvalue weighted by molar-refractivity contribution is 0.339. The largest absolute Gasteiger partial charge is 0.502 e. The van der Waals surface area contributed by atoms with Gasteiger partial charge in [-0.2, -0.15) is 0 Å². The Hall–Kier alpha value is -1.88. The van der Waals surface area contributed by atoms with E-state index >= 15 is 0 Å². The SMILES string of the molecule is COc1cc(CNc2cc(C)cc(Br)c2)cc(OC)c1O. The minimum atomic E-state index is 0.0158. The van der Waals surface area contributed by atoms with E-state index in [2.05, 4.69) is 33.4 Å². The maximum Gasteiger partial charge on any atom is 0.200 e. The van der Waals surface area contributed by atoms with E-state index in [1.165, 1.54) is 19.8 Å². The number of methoxy groups -OCH3 is 2. The first-order valence-corrected chi connectivity index (χ1v) is 7.27. The molecule has 0 saturated heterocycles. The van der Waals surface area contributed by atoms with Crippen molar-refractivity contribution in [1.29, 1.82) is 0 Å². The fourth-order valence-corrected chi connectivity index (χ4v) is 2.70. The van der Waals surface area contributed by atoms with Gasteiger partial charge in [0.1, 0.15) is 0 Å². The van der Waals surface area contributed by atoms with Gasteiger partial charge in [0.05, 0.1) is 14.2 Å². The number of phenolic OH excluding ortho intramolecular Hbond substituents is 1. The standard InChI is InChI=1S/C16H18BrNO3/c1-10-4-12(17)8-13(5-10)18-9-11-6-14(20-2)16(19)15(7-11)21-3/h4-8,18-19H,9H2,1-3H3. The number of hydrogen-bond acceptors (Lipinski definition) is 4. The van der Waals surface area contributed by atoms with E-state index in [9.17, 15) is 5.11 Å². The van der Waals surface area contributed by atoms with Crippen LogP contribution in [0.15, 0.2) is 34.8 Å². The molecule has 112 valence electrons. The molecule has 5 heteroatoms. The molecule has 0 saturated carbocycles. The number of hydrogen-bond donors (Lipinski definition) is 2. The number of nitrogens with one attached hydrogen (secondary N) is 1. The minimum absolute atomic E-state index is 0.0158. The first-order valence-electron chi connectivity index (χ1n) is 6.48. The molecule has 0 unspecified atom stereocenters. The monoisotopic (exact) mass is 351 g/mol. The topological polar surface area (TPSA) is 50.7 Å². The second kappa shape index (κ2) is 6.72. The molecular formula is C16H18BrNO3. The Morgan fingerprint density at radius 1 is 1.05 bits per heavy atom. The molecule has 0 amide bonds. The Morgan fingerprint density at radius 3 is 2.19 bits per heavy atom. The quantitative estimate of drug-likeness (QED) is 0.851. The first kappa shape index (κ1) is 15.5. The Balaban J connectivity index is 2.19. The Labute approximate surface area is 132 Å². The molecule has 2 N–H and O–H groups in total. The molecule has 0 fully saturated rings. The highest BCUT2D eigenvalue weighted by molar-refractivity contribution is 9.10. The van der Waals surface area contributed by atoms with E-state index in [0.717, 1.165) is 15.7 Å². The predicted octanol–water partition coefficient (Wildman–Crippen LogP) is 4.09. The third-order valence-corrected chi connectivity index (χ3v) is 3.54. The fourth-order valence-electron chi connectivity index (χ4n) is 2.09. The summed E-state index contributed by atoms with van der Waals surface area (Å²) in [4.78, 5) is 0. The molecule has 0 spiro atoms. The molecule has 4 nitrogen and oxygen atoms in total. The van der Waals surface area contributed by atoms with Crippen LogP contribution in [0.1, 0.15) is 11.1 Å². The number of benzene rings is 2. The van der Waals surface area contributed by atoms with Gasteiger partial charge in [-0.05, 0) is 48.4 Å². The van der Waals surface area contributed by atoms with E-state index in [1.54, 1.807) is 12.1 Å². The van der Waals surface area contributed by atoms with Crippen molar-refractivity contribution in [3.8, 4) is 17.2 Å². The number of rotatable bonds is 5. The summed E-state index contributed by atoms with van der Waals surface area (Å²) in [5.74, 6) is 0.815. The van der Waals surface area contributed by atoms with Gasteiger partial charge in [0.15, 0.2) is 11.5 Å². The van der Waals surface area contributed by atoms with Gasteiger partial charge in [0, 0.05) is 16.7 Å². The second-order valence-corrected chi connectivity index (χ2v) is 5.64. The molecule has 0 aliphatic heterocycles. The minimum Gasteiger partial charge on any atom is -0.502 e. The number of aromatic hydroxyl groups is 1. The van der Waals surface area contributed by atoms with Gasteiger partial charge in [-0.25, -0.2) is 0 Å². The molecule has 2 aromatic rings. The van der Waals surface area contributed by atoms with Gasteiger partial charge in [-0.3, -0.25) is 0 Å². The van der Waals surface area contributed by atoms with Crippen LogP contribution in [0.3, 0.4) is 0 Å². The van der Waals surface area contributed by atoms with Crippen molar-refractivity contribution in [3.05, 3.63) is 45.9 Å². The Bertz CT molecular complexity index is 598. The van der Waals surface area contributed by atoms with E-state index in [4.69, 9.17) is 9.47 Å². The van der Waals surface area contributed by atoms with Crippen LogP contribution in [0.5, 0.6) is 17.2 Å².